The smallest absolute Gasteiger partial charge is 0.422 e. The summed E-state index contributed by atoms with van der Waals surface area (Å²) in [7, 11) is 0. The first-order valence-electron chi connectivity index (χ1n) is 14.7. The van der Waals surface area contributed by atoms with Gasteiger partial charge >= 0.3 is 12.2 Å². The molecule has 3 aromatic rings. The molecule has 0 aliphatic carbocycles. The minimum Gasteiger partial charge on any atom is -0.494 e. The fourth-order valence-corrected chi connectivity index (χ4v) is 4.52. The number of hydrogen-bond donors (Lipinski definition) is 2. The Morgan fingerprint density at radius 3 is 2.41 bits per heavy atom. The van der Waals surface area contributed by atoms with Crippen LogP contribution in [0, 0.1) is 0 Å². The van der Waals surface area contributed by atoms with Gasteiger partial charge in [-0.2, -0.15) is 28.1 Å². The summed E-state index contributed by atoms with van der Waals surface area (Å²) in [4.78, 5) is 39.6. The molecule has 3 aliphatic heterocycles. The minimum atomic E-state index is -4.55. The predicted molar refractivity (Wildman–Crippen MR) is 158 cm³/mol. The number of anilines is 1. The summed E-state index contributed by atoms with van der Waals surface area (Å²) in [6.45, 7) is 2.85. The predicted octanol–water partition coefficient (Wildman–Crippen LogP) is 4.94. The van der Waals surface area contributed by atoms with Gasteiger partial charge < -0.3 is 25.0 Å². The van der Waals surface area contributed by atoms with Gasteiger partial charge in [-0.1, -0.05) is 31.2 Å². The van der Waals surface area contributed by atoms with Crippen molar-refractivity contribution in [3.05, 3.63) is 71.0 Å². The van der Waals surface area contributed by atoms with Crippen molar-refractivity contribution in [3.63, 3.8) is 0 Å². The fraction of sp³-hybridized carbons (Fsp3) is 0.452. The Morgan fingerprint density at radius 1 is 0.955 bits per heavy atom. The molecule has 6 bridgehead atoms. The number of amides is 2. The third kappa shape index (κ3) is 10.7. The molecule has 236 valence electrons. The maximum atomic E-state index is 12.8. The molecule has 0 radical (unpaired) electrons. The Bertz CT molecular complexity index is 1370. The van der Waals surface area contributed by atoms with Crippen molar-refractivity contribution < 1.29 is 32.2 Å². The summed E-state index contributed by atoms with van der Waals surface area (Å²) in [5.41, 5.74) is 2.09. The highest BCUT2D eigenvalue weighted by atomic mass is 19.4. The molecule has 1 aromatic heterocycles. The first kappa shape index (κ1) is 32.5. The van der Waals surface area contributed by atoms with Crippen LogP contribution in [-0.4, -0.2) is 70.7 Å². The van der Waals surface area contributed by atoms with Gasteiger partial charge in [-0.15, -0.1) is 0 Å². The Labute approximate surface area is 254 Å². The number of halogens is 3. The van der Waals surface area contributed by atoms with Crippen molar-refractivity contribution in [1.29, 1.82) is 0 Å². The summed E-state index contributed by atoms with van der Waals surface area (Å²) in [6, 6.07) is 13.8. The molecule has 0 atom stereocenters. The summed E-state index contributed by atoms with van der Waals surface area (Å²) >= 11 is 0. The van der Waals surface area contributed by atoms with Gasteiger partial charge in [0.05, 0.1) is 6.61 Å². The SMILES string of the molecule is CCCC(=O)N1CCCCNC(=O)c2ccc(cc2)Cc2nc(nc(OCC(F)(F)F)n2)NCc2ccc(cc2)OCCC1. The van der Waals surface area contributed by atoms with Crippen molar-refractivity contribution >= 4 is 17.8 Å². The number of fused-ring (bicyclic) bond motifs is 2. The van der Waals surface area contributed by atoms with Gasteiger partial charge in [0, 0.05) is 44.6 Å². The van der Waals surface area contributed by atoms with Crippen LogP contribution in [0.2, 0.25) is 0 Å². The molecule has 0 unspecified atom stereocenters. The van der Waals surface area contributed by atoms with Crippen molar-refractivity contribution in [2.24, 2.45) is 0 Å². The van der Waals surface area contributed by atoms with Crippen LogP contribution in [0.5, 0.6) is 11.8 Å². The van der Waals surface area contributed by atoms with Gasteiger partial charge in [-0.3, -0.25) is 9.59 Å². The van der Waals surface area contributed by atoms with E-state index < -0.39 is 18.8 Å². The lowest BCUT2D eigenvalue weighted by molar-refractivity contribution is -0.154. The van der Waals surface area contributed by atoms with E-state index in [2.05, 4.69) is 25.6 Å². The number of carbonyl (C=O) groups excluding carboxylic acids is 2. The molecule has 6 rings (SSSR count). The molecule has 0 saturated heterocycles. The average molecular weight is 615 g/mol. The molecule has 13 heteroatoms. The monoisotopic (exact) mass is 614 g/mol. The highest BCUT2D eigenvalue weighted by Gasteiger charge is 2.29. The lowest BCUT2D eigenvalue weighted by atomic mass is 10.1. The second-order valence-electron chi connectivity index (χ2n) is 10.4. The molecule has 0 fully saturated rings. The molecule has 2 N–H and O–H groups in total. The topological polar surface area (TPSA) is 119 Å². The molecular weight excluding hydrogens is 577 g/mol. The van der Waals surface area contributed by atoms with Crippen LogP contribution in [0.15, 0.2) is 48.5 Å². The summed E-state index contributed by atoms with van der Waals surface area (Å²) in [5, 5.41) is 5.93. The van der Waals surface area contributed by atoms with E-state index in [0.29, 0.717) is 56.9 Å². The number of nitrogens with one attached hydrogen (secondary N) is 2. The number of hydrogen-bond acceptors (Lipinski definition) is 8. The van der Waals surface area contributed by atoms with E-state index in [1.54, 1.807) is 24.3 Å². The van der Waals surface area contributed by atoms with Gasteiger partial charge in [0.2, 0.25) is 11.9 Å². The second-order valence-corrected chi connectivity index (χ2v) is 10.4. The Balaban J connectivity index is 1.52. The van der Waals surface area contributed by atoms with E-state index in [4.69, 9.17) is 9.47 Å². The Morgan fingerprint density at radius 2 is 1.68 bits per heavy atom. The third-order valence-electron chi connectivity index (χ3n) is 6.78. The highest BCUT2D eigenvalue weighted by molar-refractivity contribution is 5.94. The molecule has 2 aromatic carbocycles. The van der Waals surface area contributed by atoms with E-state index >= 15 is 0 Å². The summed E-state index contributed by atoms with van der Waals surface area (Å²) in [5.74, 6) is 0.847. The molecule has 2 amide bonds. The number of benzene rings is 2. The quantitative estimate of drug-likeness (QED) is 0.425. The van der Waals surface area contributed by atoms with Crippen LogP contribution < -0.4 is 20.1 Å². The van der Waals surface area contributed by atoms with Crippen molar-refractivity contribution in [3.8, 4) is 11.8 Å². The number of rotatable bonds is 4. The van der Waals surface area contributed by atoms with E-state index in [9.17, 15) is 22.8 Å². The Kier molecular flexibility index (Phi) is 11.7. The van der Waals surface area contributed by atoms with Crippen LogP contribution in [-0.2, 0) is 17.8 Å². The van der Waals surface area contributed by atoms with Gasteiger partial charge in [0.1, 0.15) is 11.6 Å². The molecular formula is C31H37F3N6O4. The average Bonchev–Trinajstić information content (AvgIpc) is 3.00. The minimum absolute atomic E-state index is 0.0659. The zero-order valence-electron chi connectivity index (χ0n) is 24.7. The van der Waals surface area contributed by atoms with E-state index in [1.165, 1.54) is 0 Å². The first-order valence-corrected chi connectivity index (χ1v) is 14.7. The van der Waals surface area contributed by atoms with Crippen LogP contribution in [0.3, 0.4) is 0 Å². The molecule has 3 aliphatic rings. The van der Waals surface area contributed by atoms with Gasteiger partial charge in [-0.25, -0.2) is 0 Å². The Hall–Kier alpha value is -4.42. The first-order chi connectivity index (χ1) is 21.2. The molecule has 44 heavy (non-hydrogen) atoms. The summed E-state index contributed by atoms with van der Waals surface area (Å²) < 4.78 is 49.1. The highest BCUT2D eigenvalue weighted by Crippen LogP contribution is 2.19. The van der Waals surface area contributed by atoms with Crippen molar-refractivity contribution in [1.82, 2.24) is 25.2 Å². The molecule has 10 nitrogen and oxygen atoms in total. The lowest BCUT2D eigenvalue weighted by Crippen LogP contribution is -2.34. The van der Waals surface area contributed by atoms with Crippen molar-refractivity contribution in [2.75, 3.05) is 38.2 Å². The summed E-state index contributed by atoms with van der Waals surface area (Å²) in [6.07, 6.45) is -0.944. The van der Waals surface area contributed by atoms with Crippen LogP contribution >= 0.6 is 0 Å². The van der Waals surface area contributed by atoms with Crippen molar-refractivity contribution in [2.45, 2.75) is 58.2 Å². The number of carbonyl (C=O) groups is 2. The fourth-order valence-electron chi connectivity index (χ4n) is 4.52. The van der Waals surface area contributed by atoms with Gasteiger partial charge in [0.15, 0.2) is 6.61 Å². The zero-order chi connectivity index (χ0) is 31.4. The molecule has 0 spiro atoms. The molecule has 4 heterocycles. The normalized spacial score (nSPS) is 15.4. The van der Waals surface area contributed by atoms with E-state index in [0.717, 1.165) is 30.4 Å². The second kappa shape index (κ2) is 15.9. The van der Waals surface area contributed by atoms with Crippen LogP contribution in [0.1, 0.15) is 66.3 Å². The number of ether oxygens (including phenoxy) is 2. The maximum Gasteiger partial charge on any atom is 0.422 e. The number of aromatic nitrogens is 3. The number of nitrogens with zero attached hydrogens (tertiary/aromatic N) is 4. The van der Waals surface area contributed by atoms with Crippen LogP contribution in [0.25, 0.3) is 0 Å². The van der Waals surface area contributed by atoms with Gasteiger partial charge in [0.25, 0.3) is 5.91 Å². The largest absolute Gasteiger partial charge is 0.494 e. The maximum absolute atomic E-state index is 12.8. The standard InChI is InChI=1S/C31H37F3N6O4/c1-2-6-27(41)40-16-4-3-15-35-28(42)24-11-7-22(8-12-24)19-26-37-29(39-30(38-26)44-21-31(32,33)34)36-20-23-9-13-25(14-10-23)43-18-5-17-40/h7-14H,2-6,15-21H2,1H3,(H,35,42)(H,36,37,38,39). The van der Waals surface area contributed by atoms with E-state index in [-0.39, 0.29) is 30.0 Å². The van der Waals surface area contributed by atoms with Crippen LogP contribution in [0.4, 0.5) is 19.1 Å². The number of alkyl halides is 3. The molecule has 0 saturated carbocycles. The van der Waals surface area contributed by atoms with Gasteiger partial charge in [-0.05, 0) is 61.1 Å². The third-order valence-corrected chi connectivity index (χ3v) is 6.78. The lowest BCUT2D eigenvalue weighted by Gasteiger charge is -2.23. The van der Waals surface area contributed by atoms with E-state index in [1.807, 2.05) is 36.1 Å². The zero-order valence-corrected chi connectivity index (χ0v) is 24.7.